The fraction of sp³-hybridized carbons (Fsp3) is 0.562. The van der Waals surface area contributed by atoms with Crippen molar-refractivity contribution in [2.75, 3.05) is 18.4 Å². The van der Waals surface area contributed by atoms with Gasteiger partial charge >= 0.3 is 6.18 Å². The van der Waals surface area contributed by atoms with Gasteiger partial charge in [-0.3, -0.25) is 4.79 Å². The number of amides is 1. The molecule has 1 atom stereocenters. The van der Waals surface area contributed by atoms with Gasteiger partial charge in [0.1, 0.15) is 0 Å². The first kappa shape index (κ1) is 16.8. The Balaban J connectivity index is 2.06. The number of piperidine rings is 1. The average molecular weight is 315 g/mol. The van der Waals surface area contributed by atoms with Gasteiger partial charge in [0, 0.05) is 0 Å². The molecule has 0 spiro atoms. The van der Waals surface area contributed by atoms with E-state index in [-0.39, 0.29) is 17.6 Å². The van der Waals surface area contributed by atoms with E-state index in [1.54, 1.807) is 6.92 Å². The minimum absolute atomic E-state index is 0.170. The average Bonchev–Trinajstić information content (AvgIpc) is 2.46. The highest BCUT2D eigenvalue weighted by Gasteiger charge is 2.35. The summed E-state index contributed by atoms with van der Waals surface area (Å²) >= 11 is 0. The molecule has 0 radical (unpaired) electrons. The van der Waals surface area contributed by atoms with Gasteiger partial charge in [0.05, 0.1) is 24.3 Å². The van der Waals surface area contributed by atoms with Gasteiger partial charge in [0.25, 0.3) is 5.91 Å². The maximum Gasteiger partial charge on any atom is 0.418 e. The lowest BCUT2D eigenvalue weighted by molar-refractivity contribution is -0.919. The molecule has 1 aromatic rings. The Kier molecular flexibility index (Phi) is 5.11. The summed E-state index contributed by atoms with van der Waals surface area (Å²) in [5.74, 6) is 0.297. The van der Waals surface area contributed by atoms with Crippen molar-refractivity contribution in [1.82, 2.24) is 0 Å². The highest BCUT2D eigenvalue weighted by Crippen LogP contribution is 2.34. The van der Waals surface area contributed by atoms with Crippen molar-refractivity contribution < 1.29 is 22.9 Å². The SMILES string of the molecule is CC1CC[NH+]([C@H](C)C(=O)Nc2ccccc2C(F)(F)F)CC1. The van der Waals surface area contributed by atoms with Crippen LogP contribution in [0.15, 0.2) is 24.3 Å². The maximum atomic E-state index is 12.9. The molecule has 1 aliphatic rings. The summed E-state index contributed by atoms with van der Waals surface area (Å²) in [4.78, 5) is 13.4. The minimum atomic E-state index is -4.47. The number of halogens is 3. The number of rotatable bonds is 3. The van der Waals surface area contributed by atoms with Gasteiger partial charge in [-0.25, -0.2) is 0 Å². The normalized spacial score (nSPS) is 23.9. The van der Waals surface area contributed by atoms with E-state index in [4.69, 9.17) is 0 Å². The van der Waals surface area contributed by atoms with Crippen LogP contribution in [0.25, 0.3) is 0 Å². The molecule has 1 aromatic carbocycles. The van der Waals surface area contributed by atoms with Crippen LogP contribution in [0.5, 0.6) is 0 Å². The lowest BCUT2D eigenvalue weighted by atomic mass is 9.98. The van der Waals surface area contributed by atoms with E-state index >= 15 is 0 Å². The highest BCUT2D eigenvalue weighted by molar-refractivity contribution is 5.94. The number of anilines is 1. The first-order valence-electron chi connectivity index (χ1n) is 7.60. The molecule has 0 aliphatic carbocycles. The fourth-order valence-corrected chi connectivity index (χ4v) is 2.83. The Labute approximate surface area is 128 Å². The predicted octanol–water partition coefficient (Wildman–Crippen LogP) is 2.35. The van der Waals surface area contributed by atoms with E-state index < -0.39 is 11.7 Å². The molecule has 1 saturated heterocycles. The Morgan fingerprint density at radius 2 is 1.86 bits per heavy atom. The maximum absolute atomic E-state index is 12.9. The van der Waals surface area contributed by atoms with Gasteiger partial charge < -0.3 is 10.2 Å². The zero-order chi connectivity index (χ0) is 16.3. The second-order valence-electron chi connectivity index (χ2n) is 6.10. The summed E-state index contributed by atoms with van der Waals surface area (Å²) in [6.45, 7) is 5.73. The molecule has 1 aliphatic heterocycles. The van der Waals surface area contributed by atoms with Crippen LogP contribution in [0.1, 0.15) is 32.3 Å². The number of para-hydroxylation sites is 1. The lowest BCUT2D eigenvalue weighted by Gasteiger charge is -2.31. The fourth-order valence-electron chi connectivity index (χ4n) is 2.83. The number of nitrogens with one attached hydrogen (secondary N) is 2. The number of likely N-dealkylation sites (tertiary alicyclic amines) is 1. The quantitative estimate of drug-likeness (QED) is 0.882. The molecule has 3 nitrogen and oxygen atoms in total. The van der Waals surface area contributed by atoms with Crippen molar-refractivity contribution in [2.24, 2.45) is 5.92 Å². The topological polar surface area (TPSA) is 33.5 Å². The van der Waals surface area contributed by atoms with Crippen LogP contribution in [0.3, 0.4) is 0 Å². The van der Waals surface area contributed by atoms with E-state index in [9.17, 15) is 18.0 Å². The summed E-state index contributed by atoms with van der Waals surface area (Å²) in [5.41, 5.74) is -0.977. The molecule has 122 valence electrons. The number of carbonyl (C=O) groups is 1. The van der Waals surface area contributed by atoms with Crippen LogP contribution in [0.4, 0.5) is 18.9 Å². The summed E-state index contributed by atoms with van der Waals surface area (Å²) < 4.78 is 38.8. The minimum Gasteiger partial charge on any atom is -0.325 e. The molecular weight excluding hydrogens is 293 g/mol. The van der Waals surface area contributed by atoms with Crippen LogP contribution in [0.2, 0.25) is 0 Å². The molecule has 22 heavy (non-hydrogen) atoms. The Morgan fingerprint density at radius 3 is 2.45 bits per heavy atom. The summed E-state index contributed by atoms with van der Waals surface area (Å²) in [7, 11) is 0. The lowest BCUT2D eigenvalue weighted by Crippen LogP contribution is -3.17. The van der Waals surface area contributed by atoms with Crippen molar-refractivity contribution in [3.05, 3.63) is 29.8 Å². The second kappa shape index (κ2) is 6.69. The molecule has 0 aromatic heterocycles. The Bertz CT molecular complexity index is 522. The third-order valence-electron chi connectivity index (χ3n) is 4.41. The van der Waals surface area contributed by atoms with E-state index in [0.29, 0.717) is 5.92 Å². The third-order valence-corrected chi connectivity index (χ3v) is 4.41. The van der Waals surface area contributed by atoms with Gasteiger partial charge in [0.2, 0.25) is 0 Å². The number of alkyl halides is 3. The van der Waals surface area contributed by atoms with E-state index in [1.807, 2.05) is 0 Å². The van der Waals surface area contributed by atoms with E-state index in [2.05, 4.69) is 12.2 Å². The van der Waals surface area contributed by atoms with Crippen LogP contribution in [0, 0.1) is 5.92 Å². The largest absolute Gasteiger partial charge is 0.418 e. The van der Waals surface area contributed by atoms with Crippen molar-refractivity contribution >= 4 is 11.6 Å². The summed E-state index contributed by atoms with van der Waals surface area (Å²) in [6, 6.07) is 4.73. The van der Waals surface area contributed by atoms with Gasteiger partial charge in [-0.15, -0.1) is 0 Å². The van der Waals surface area contributed by atoms with Crippen molar-refractivity contribution in [2.45, 2.75) is 38.9 Å². The zero-order valence-corrected chi connectivity index (χ0v) is 12.8. The molecule has 2 N–H and O–H groups in total. The van der Waals surface area contributed by atoms with Crippen LogP contribution < -0.4 is 10.2 Å². The summed E-state index contributed by atoms with van der Waals surface area (Å²) in [5, 5.41) is 2.45. The van der Waals surface area contributed by atoms with Crippen LogP contribution in [-0.4, -0.2) is 25.0 Å². The van der Waals surface area contributed by atoms with Gasteiger partial charge in [-0.05, 0) is 37.8 Å². The standard InChI is InChI=1S/C16H21F3N2O/c1-11-7-9-21(10-8-11)12(2)15(22)20-14-6-4-3-5-13(14)16(17,18)19/h3-6,11-12H,7-10H2,1-2H3,(H,20,22)/p+1/t12-/m1/s1. The van der Waals surface area contributed by atoms with Gasteiger partial charge in [-0.2, -0.15) is 13.2 Å². The number of hydrogen-bond donors (Lipinski definition) is 2. The molecule has 2 rings (SSSR count). The Hall–Kier alpha value is -1.56. The van der Waals surface area contributed by atoms with Crippen molar-refractivity contribution in [1.29, 1.82) is 0 Å². The molecule has 1 fully saturated rings. The number of quaternary nitrogens is 1. The van der Waals surface area contributed by atoms with Gasteiger partial charge in [0.15, 0.2) is 6.04 Å². The highest BCUT2D eigenvalue weighted by atomic mass is 19.4. The molecule has 1 heterocycles. The van der Waals surface area contributed by atoms with Crippen molar-refractivity contribution in [3.8, 4) is 0 Å². The molecule has 0 saturated carbocycles. The monoisotopic (exact) mass is 315 g/mol. The second-order valence-corrected chi connectivity index (χ2v) is 6.10. The predicted molar refractivity (Wildman–Crippen MR) is 78.6 cm³/mol. The van der Waals surface area contributed by atoms with Crippen molar-refractivity contribution in [3.63, 3.8) is 0 Å². The van der Waals surface area contributed by atoms with E-state index in [0.717, 1.165) is 36.9 Å². The molecule has 0 unspecified atom stereocenters. The molecular formula is C16H22F3N2O+. The zero-order valence-electron chi connectivity index (χ0n) is 12.8. The van der Waals surface area contributed by atoms with E-state index in [1.165, 1.54) is 18.2 Å². The number of carbonyl (C=O) groups excluding carboxylic acids is 1. The Morgan fingerprint density at radius 1 is 1.27 bits per heavy atom. The molecule has 0 bridgehead atoms. The summed E-state index contributed by atoms with van der Waals surface area (Å²) in [6.07, 6.45) is -2.38. The smallest absolute Gasteiger partial charge is 0.325 e. The van der Waals surface area contributed by atoms with Crippen LogP contribution in [-0.2, 0) is 11.0 Å². The number of hydrogen-bond acceptors (Lipinski definition) is 1. The van der Waals surface area contributed by atoms with Crippen LogP contribution >= 0.6 is 0 Å². The number of benzene rings is 1. The van der Waals surface area contributed by atoms with Gasteiger partial charge in [-0.1, -0.05) is 19.1 Å². The first-order chi connectivity index (χ1) is 10.3. The molecule has 1 amide bonds. The third kappa shape index (κ3) is 4.00. The first-order valence-corrected chi connectivity index (χ1v) is 7.60. The molecule has 6 heteroatoms.